The van der Waals surface area contributed by atoms with E-state index in [1.807, 2.05) is 38.1 Å². The Kier molecular flexibility index (Phi) is 7.01. The number of ether oxygens (including phenoxy) is 1. The Morgan fingerprint density at radius 3 is 2.43 bits per heavy atom. The fourth-order valence-electron chi connectivity index (χ4n) is 2.76. The second-order valence-corrected chi connectivity index (χ2v) is 8.61. The van der Waals surface area contributed by atoms with Crippen molar-refractivity contribution in [3.8, 4) is 5.75 Å². The Bertz CT molecular complexity index is 931. The minimum absolute atomic E-state index is 0.0273. The lowest BCUT2D eigenvalue weighted by Gasteiger charge is -2.28. The molecule has 0 fully saturated rings. The number of nitrogens with zero attached hydrogens (tertiary/aromatic N) is 1. The lowest BCUT2D eigenvalue weighted by atomic mass is 10.2. The topological polar surface area (TPSA) is 75.7 Å². The largest absolute Gasteiger partial charge is 0.491 e. The summed E-state index contributed by atoms with van der Waals surface area (Å²) in [5.41, 5.74) is 0.910. The van der Waals surface area contributed by atoms with Gasteiger partial charge in [-0.3, -0.25) is 9.10 Å². The number of hydrogen-bond donors (Lipinski definition) is 1. The molecule has 152 valence electrons. The van der Waals surface area contributed by atoms with Crippen LogP contribution in [0.5, 0.6) is 5.75 Å². The van der Waals surface area contributed by atoms with Crippen LogP contribution in [0.15, 0.2) is 48.5 Å². The van der Waals surface area contributed by atoms with Crippen LogP contribution in [-0.4, -0.2) is 32.7 Å². The highest BCUT2D eigenvalue weighted by molar-refractivity contribution is 7.92. The summed E-state index contributed by atoms with van der Waals surface area (Å²) in [5, 5.41) is 2.72. The SMILES string of the molecule is CC(C)Oc1cccc(CNC(=O)[C@@H](C)N(c2cccc(F)c2)S(C)(=O)=O)c1. The summed E-state index contributed by atoms with van der Waals surface area (Å²) in [6, 6.07) is 11.4. The molecule has 0 heterocycles. The van der Waals surface area contributed by atoms with Crippen molar-refractivity contribution in [1.82, 2.24) is 5.32 Å². The van der Waals surface area contributed by atoms with E-state index in [1.165, 1.54) is 25.1 Å². The molecule has 0 saturated heterocycles. The first-order chi connectivity index (χ1) is 13.1. The quantitative estimate of drug-likeness (QED) is 0.728. The van der Waals surface area contributed by atoms with Gasteiger partial charge in [-0.05, 0) is 56.7 Å². The first kappa shape index (κ1) is 21.7. The van der Waals surface area contributed by atoms with Crippen molar-refractivity contribution in [2.24, 2.45) is 0 Å². The number of benzene rings is 2. The maximum atomic E-state index is 13.5. The molecule has 2 rings (SSSR count). The smallest absolute Gasteiger partial charge is 0.243 e. The van der Waals surface area contributed by atoms with Crippen LogP contribution in [0.1, 0.15) is 26.3 Å². The molecule has 0 unspecified atom stereocenters. The van der Waals surface area contributed by atoms with Gasteiger partial charge in [0.05, 0.1) is 18.0 Å². The number of carbonyl (C=O) groups excluding carboxylic acids is 1. The highest BCUT2D eigenvalue weighted by Crippen LogP contribution is 2.22. The van der Waals surface area contributed by atoms with E-state index in [0.29, 0.717) is 5.75 Å². The molecule has 0 saturated carbocycles. The molecule has 0 radical (unpaired) electrons. The van der Waals surface area contributed by atoms with E-state index in [0.717, 1.165) is 22.2 Å². The van der Waals surface area contributed by atoms with Crippen molar-refractivity contribution < 1.29 is 22.3 Å². The van der Waals surface area contributed by atoms with Gasteiger partial charge in [0.25, 0.3) is 0 Å². The van der Waals surface area contributed by atoms with Crippen molar-refractivity contribution in [2.75, 3.05) is 10.6 Å². The van der Waals surface area contributed by atoms with Crippen LogP contribution in [0.25, 0.3) is 0 Å². The first-order valence-corrected chi connectivity index (χ1v) is 10.7. The molecule has 0 aliphatic carbocycles. The van der Waals surface area contributed by atoms with E-state index in [-0.39, 0.29) is 18.3 Å². The van der Waals surface area contributed by atoms with Crippen LogP contribution in [0.4, 0.5) is 10.1 Å². The van der Waals surface area contributed by atoms with E-state index in [9.17, 15) is 17.6 Å². The maximum absolute atomic E-state index is 13.5. The summed E-state index contributed by atoms with van der Waals surface area (Å²) in [6.07, 6.45) is 1.01. The van der Waals surface area contributed by atoms with E-state index < -0.39 is 27.8 Å². The Morgan fingerprint density at radius 2 is 1.82 bits per heavy atom. The molecule has 28 heavy (non-hydrogen) atoms. The zero-order chi connectivity index (χ0) is 20.9. The van der Waals surface area contributed by atoms with Crippen LogP contribution in [0.2, 0.25) is 0 Å². The normalized spacial score (nSPS) is 12.5. The first-order valence-electron chi connectivity index (χ1n) is 8.86. The molecule has 1 amide bonds. The fraction of sp³-hybridized carbons (Fsp3) is 0.350. The maximum Gasteiger partial charge on any atom is 0.243 e. The van der Waals surface area contributed by atoms with Gasteiger partial charge in [-0.15, -0.1) is 0 Å². The Hall–Kier alpha value is -2.61. The lowest BCUT2D eigenvalue weighted by Crippen LogP contribution is -2.47. The second kappa shape index (κ2) is 9.05. The van der Waals surface area contributed by atoms with Gasteiger partial charge in [0, 0.05) is 6.54 Å². The third kappa shape index (κ3) is 5.95. The standard InChI is InChI=1S/C20H25FN2O4S/c1-14(2)27-19-10-5-7-16(11-19)13-22-20(24)15(3)23(28(4,25)26)18-9-6-8-17(21)12-18/h5-12,14-15H,13H2,1-4H3,(H,22,24)/t15-/m1/s1. The van der Waals surface area contributed by atoms with Gasteiger partial charge in [-0.1, -0.05) is 18.2 Å². The van der Waals surface area contributed by atoms with Gasteiger partial charge in [0.1, 0.15) is 17.6 Å². The van der Waals surface area contributed by atoms with E-state index in [4.69, 9.17) is 4.74 Å². The van der Waals surface area contributed by atoms with E-state index in [2.05, 4.69) is 5.32 Å². The Labute approximate surface area is 165 Å². The van der Waals surface area contributed by atoms with E-state index >= 15 is 0 Å². The Balaban J connectivity index is 2.13. The van der Waals surface area contributed by atoms with Gasteiger partial charge in [0.2, 0.25) is 15.9 Å². The lowest BCUT2D eigenvalue weighted by molar-refractivity contribution is -0.122. The average molecular weight is 408 g/mol. The van der Waals surface area contributed by atoms with Crippen LogP contribution in [0.3, 0.4) is 0 Å². The molecule has 0 aromatic heterocycles. The van der Waals surface area contributed by atoms with Gasteiger partial charge >= 0.3 is 0 Å². The fourth-order valence-corrected chi connectivity index (χ4v) is 3.93. The molecule has 0 aliphatic rings. The number of hydrogen-bond acceptors (Lipinski definition) is 4. The molecule has 2 aromatic rings. The van der Waals surface area contributed by atoms with Gasteiger partial charge in [0.15, 0.2) is 0 Å². The highest BCUT2D eigenvalue weighted by atomic mass is 32.2. The van der Waals surface area contributed by atoms with Gasteiger partial charge in [-0.25, -0.2) is 12.8 Å². The number of amides is 1. The molecule has 2 aromatic carbocycles. The van der Waals surface area contributed by atoms with Crippen molar-refractivity contribution in [1.29, 1.82) is 0 Å². The summed E-state index contributed by atoms with van der Waals surface area (Å²) < 4.78 is 44.5. The van der Waals surface area contributed by atoms with Crippen LogP contribution < -0.4 is 14.4 Å². The summed E-state index contributed by atoms with van der Waals surface area (Å²) in [5.74, 6) is -0.391. The monoisotopic (exact) mass is 408 g/mol. The molecule has 1 N–H and O–H groups in total. The van der Waals surface area contributed by atoms with Crippen LogP contribution >= 0.6 is 0 Å². The summed E-state index contributed by atoms with van der Waals surface area (Å²) in [4.78, 5) is 12.6. The number of nitrogens with one attached hydrogen (secondary N) is 1. The number of carbonyl (C=O) groups is 1. The molecule has 8 heteroatoms. The Morgan fingerprint density at radius 1 is 1.14 bits per heavy atom. The molecular weight excluding hydrogens is 383 g/mol. The molecule has 6 nitrogen and oxygen atoms in total. The third-order valence-corrected chi connectivity index (χ3v) is 5.13. The summed E-state index contributed by atoms with van der Waals surface area (Å²) in [7, 11) is -3.80. The number of rotatable bonds is 8. The third-order valence-electron chi connectivity index (χ3n) is 3.89. The van der Waals surface area contributed by atoms with Gasteiger partial charge in [-0.2, -0.15) is 0 Å². The van der Waals surface area contributed by atoms with Crippen molar-refractivity contribution in [2.45, 2.75) is 39.5 Å². The van der Waals surface area contributed by atoms with Crippen molar-refractivity contribution >= 4 is 21.6 Å². The number of anilines is 1. The molecule has 0 aliphatic heterocycles. The predicted molar refractivity (Wildman–Crippen MR) is 107 cm³/mol. The zero-order valence-corrected chi connectivity index (χ0v) is 17.2. The molecule has 1 atom stereocenters. The van der Waals surface area contributed by atoms with Crippen molar-refractivity contribution in [3.05, 3.63) is 59.9 Å². The van der Waals surface area contributed by atoms with Crippen LogP contribution in [-0.2, 0) is 21.4 Å². The highest BCUT2D eigenvalue weighted by Gasteiger charge is 2.29. The second-order valence-electron chi connectivity index (χ2n) is 6.75. The van der Waals surface area contributed by atoms with E-state index in [1.54, 1.807) is 0 Å². The predicted octanol–water partition coefficient (Wildman–Crippen LogP) is 3.08. The summed E-state index contributed by atoms with van der Waals surface area (Å²) >= 11 is 0. The minimum Gasteiger partial charge on any atom is -0.491 e. The minimum atomic E-state index is -3.80. The number of sulfonamides is 1. The molecule has 0 spiro atoms. The average Bonchev–Trinajstić information content (AvgIpc) is 2.58. The number of halogens is 1. The van der Waals surface area contributed by atoms with Gasteiger partial charge < -0.3 is 10.1 Å². The molecule has 0 bridgehead atoms. The zero-order valence-electron chi connectivity index (χ0n) is 16.3. The summed E-state index contributed by atoms with van der Waals surface area (Å²) in [6.45, 7) is 5.50. The van der Waals surface area contributed by atoms with Crippen molar-refractivity contribution in [3.63, 3.8) is 0 Å². The van der Waals surface area contributed by atoms with Crippen LogP contribution in [0, 0.1) is 5.82 Å². The molecular formula is C20H25FN2O4S.